The topological polar surface area (TPSA) is 37.4 Å². The van der Waals surface area contributed by atoms with Gasteiger partial charge in [0.25, 0.3) is 0 Å². The summed E-state index contributed by atoms with van der Waals surface area (Å²) in [6.45, 7) is 1.94. The quantitative estimate of drug-likeness (QED) is 0.868. The summed E-state index contributed by atoms with van der Waals surface area (Å²) in [5, 5.41) is 0. The fraction of sp³-hybridized carbons (Fsp3) is 0.250. The molecule has 0 bridgehead atoms. The first-order valence-corrected chi connectivity index (χ1v) is 8.09. The molecular formula is C16H19NO2S. The van der Waals surface area contributed by atoms with E-state index in [1.54, 1.807) is 12.1 Å². The molecule has 2 aromatic carbocycles. The Morgan fingerprint density at radius 3 is 1.95 bits per heavy atom. The highest BCUT2D eigenvalue weighted by Crippen LogP contribution is 2.19. The van der Waals surface area contributed by atoms with Crippen molar-refractivity contribution in [3.05, 3.63) is 59.7 Å². The lowest BCUT2D eigenvalue weighted by atomic mass is 10.2. The van der Waals surface area contributed by atoms with E-state index in [0.717, 1.165) is 16.8 Å². The van der Waals surface area contributed by atoms with Gasteiger partial charge in [-0.3, -0.25) is 0 Å². The molecule has 0 spiro atoms. The first kappa shape index (κ1) is 14.6. The predicted octanol–water partition coefficient (Wildman–Crippen LogP) is 3.03. The van der Waals surface area contributed by atoms with Crippen molar-refractivity contribution in [1.29, 1.82) is 0 Å². The molecule has 0 heterocycles. The Morgan fingerprint density at radius 1 is 0.900 bits per heavy atom. The fourth-order valence-electron chi connectivity index (χ4n) is 1.94. The molecule has 0 aliphatic rings. The summed E-state index contributed by atoms with van der Waals surface area (Å²) in [5.74, 6) is 0.0315. The average molecular weight is 289 g/mol. The molecule has 0 aromatic heterocycles. The van der Waals surface area contributed by atoms with Crippen LogP contribution in [0.5, 0.6) is 0 Å². The maximum Gasteiger partial charge on any atom is 0.182 e. The Kier molecular flexibility index (Phi) is 4.14. The first-order chi connectivity index (χ1) is 9.38. The van der Waals surface area contributed by atoms with Gasteiger partial charge in [0.2, 0.25) is 0 Å². The molecule has 0 amide bonds. The number of hydrogen-bond acceptors (Lipinski definition) is 3. The van der Waals surface area contributed by atoms with Crippen LogP contribution in [0.4, 0.5) is 5.69 Å². The first-order valence-electron chi connectivity index (χ1n) is 6.44. The Bertz CT molecular complexity index is 671. The van der Waals surface area contributed by atoms with Crippen LogP contribution in [-0.2, 0) is 15.6 Å². The van der Waals surface area contributed by atoms with Crippen molar-refractivity contribution in [3.63, 3.8) is 0 Å². The van der Waals surface area contributed by atoms with Crippen LogP contribution in [0.1, 0.15) is 11.1 Å². The molecule has 0 atom stereocenters. The van der Waals surface area contributed by atoms with Crippen molar-refractivity contribution < 1.29 is 8.42 Å². The van der Waals surface area contributed by atoms with E-state index >= 15 is 0 Å². The van der Waals surface area contributed by atoms with Gasteiger partial charge in [0, 0.05) is 19.8 Å². The molecule has 2 aromatic rings. The number of sulfone groups is 1. The maximum absolute atomic E-state index is 12.3. The third-order valence-corrected chi connectivity index (χ3v) is 4.89. The zero-order chi connectivity index (χ0) is 14.8. The van der Waals surface area contributed by atoms with Gasteiger partial charge in [-0.15, -0.1) is 0 Å². The summed E-state index contributed by atoms with van der Waals surface area (Å²) in [7, 11) is 0.636. The zero-order valence-corrected chi connectivity index (χ0v) is 12.8. The van der Waals surface area contributed by atoms with E-state index in [9.17, 15) is 8.42 Å². The van der Waals surface area contributed by atoms with Gasteiger partial charge in [-0.05, 0) is 36.8 Å². The summed E-state index contributed by atoms with van der Waals surface area (Å²) in [6.07, 6.45) is 0. The van der Waals surface area contributed by atoms with Gasteiger partial charge in [-0.1, -0.05) is 29.8 Å². The molecule has 0 N–H and O–H groups in total. The Balaban J connectivity index is 2.22. The smallest absolute Gasteiger partial charge is 0.182 e. The van der Waals surface area contributed by atoms with Crippen LogP contribution >= 0.6 is 0 Å². The van der Waals surface area contributed by atoms with Gasteiger partial charge < -0.3 is 4.90 Å². The van der Waals surface area contributed by atoms with Crippen LogP contribution in [0.2, 0.25) is 0 Å². The maximum atomic E-state index is 12.3. The van der Waals surface area contributed by atoms with E-state index in [1.807, 2.05) is 62.3 Å². The van der Waals surface area contributed by atoms with E-state index in [0.29, 0.717) is 4.90 Å². The number of benzene rings is 2. The summed E-state index contributed by atoms with van der Waals surface area (Å²) in [4.78, 5) is 2.36. The largest absolute Gasteiger partial charge is 0.378 e. The fourth-order valence-corrected chi connectivity index (χ4v) is 3.29. The third kappa shape index (κ3) is 3.39. The lowest BCUT2D eigenvalue weighted by molar-refractivity contribution is 0.595. The van der Waals surface area contributed by atoms with Gasteiger partial charge in [0.05, 0.1) is 10.6 Å². The summed E-state index contributed by atoms with van der Waals surface area (Å²) >= 11 is 0. The molecule has 106 valence electrons. The Morgan fingerprint density at radius 2 is 1.45 bits per heavy atom. The van der Waals surface area contributed by atoms with Gasteiger partial charge >= 0.3 is 0 Å². The van der Waals surface area contributed by atoms with Crippen LogP contribution in [0.3, 0.4) is 0 Å². The number of hydrogen-bond donors (Lipinski definition) is 0. The molecular weight excluding hydrogens is 270 g/mol. The zero-order valence-electron chi connectivity index (χ0n) is 12.0. The van der Waals surface area contributed by atoms with Crippen LogP contribution in [0, 0.1) is 6.92 Å². The van der Waals surface area contributed by atoms with Gasteiger partial charge in [-0.25, -0.2) is 8.42 Å². The average Bonchev–Trinajstić information content (AvgIpc) is 2.39. The molecule has 0 saturated heterocycles. The molecule has 4 heteroatoms. The minimum absolute atomic E-state index is 0.0315. The Labute approximate surface area is 120 Å². The molecule has 2 rings (SSSR count). The summed E-state index contributed by atoms with van der Waals surface area (Å²) in [6, 6.07) is 14.6. The number of nitrogens with zero attached hydrogens (tertiary/aromatic N) is 1. The highest BCUT2D eigenvalue weighted by atomic mass is 32.2. The molecule has 0 radical (unpaired) electrons. The van der Waals surface area contributed by atoms with E-state index in [4.69, 9.17) is 0 Å². The Hall–Kier alpha value is -1.81. The normalized spacial score (nSPS) is 11.3. The number of anilines is 1. The molecule has 0 unspecified atom stereocenters. The number of rotatable bonds is 4. The number of aryl methyl sites for hydroxylation is 1. The van der Waals surface area contributed by atoms with Crippen LogP contribution in [0.15, 0.2) is 53.4 Å². The van der Waals surface area contributed by atoms with Crippen molar-refractivity contribution in [2.45, 2.75) is 17.6 Å². The van der Waals surface area contributed by atoms with Gasteiger partial charge in [-0.2, -0.15) is 0 Å². The van der Waals surface area contributed by atoms with E-state index in [2.05, 4.69) is 0 Å². The van der Waals surface area contributed by atoms with Crippen molar-refractivity contribution in [3.8, 4) is 0 Å². The predicted molar refractivity (Wildman–Crippen MR) is 82.8 cm³/mol. The second-order valence-electron chi connectivity index (χ2n) is 5.13. The van der Waals surface area contributed by atoms with Crippen molar-refractivity contribution >= 4 is 15.5 Å². The van der Waals surface area contributed by atoms with Gasteiger partial charge in [0.1, 0.15) is 0 Å². The summed E-state index contributed by atoms with van der Waals surface area (Å²) in [5.41, 5.74) is 2.91. The second kappa shape index (κ2) is 5.67. The molecule has 3 nitrogen and oxygen atoms in total. The van der Waals surface area contributed by atoms with Crippen molar-refractivity contribution in [2.75, 3.05) is 19.0 Å². The lowest BCUT2D eigenvalue weighted by Gasteiger charge is -2.12. The lowest BCUT2D eigenvalue weighted by Crippen LogP contribution is -2.09. The van der Waals surface area contributed by atoms with Crippen molar-refractivity contribution in [1.82, 2.24) is 0 Å². The molecule has 0 saturated carbocycles. The highest BCUT2D eigenvalue weighted by Gasteiger charge is 2.15. The monoisotopic (exact) mass is 289 g/mol. The van der Waals surface area contributed by atoms with Crippen molar-refractivity contribution in [2.24, 2.45) is 0 Å². The minimum atomic E-state index is -3.28. The second-order valence-corrected chi connectivity index (χ2v) is 7.12. The molecule has 0 fully saturated rings. The summed E-state index contributed by atoms with van der Waals surface area (Å²) < 4.78 is 24.6. The van der Waals surface area contributed by atoms with E-state index in [1.165, 1.54) is 0 Å². The standard InChI is InChI=1S/C16H19NO2S/c1-13-4-10-16(11-5-13)20(18,19)12-14-6-8-15(9-7-14)17(2)3/h4-11H,12H2,1-3H3. The third-order valence-electron chi connectivity index (χ3n) is 3.19. The molecule has 0 aliphatic heterocycles. The molecule has 20 heavy (non-hydrogen) atoms. The van der Waals surface area contributed by atoms with Gasteiger partial charge in [0.15, 0.2) is 9.84 Å². The van der Waals surface area contributed by atoms with Crippen LogP contribution in [-0.4, -0.2) is 22.5 Å². The van der Waals surface area contributed by atoms with Crippen LogP contribution < -0.4 is 4.90 Å². The molecule has 0 aliphatic carbocycles. The SMILES string of the molecule is Cc1ccc(S(=O)(=O)Cc2ccc(N(C)C)cc2)cc1. The van der Waals surface area contributed by atoms with E-state index < -0.39 is 9.84 Å². The minimum Gasteiger partial charge on any atom is -0.378 e. The highest BCUT2D eigenvalue weighted by molar-refractivity contribution is 7.90. The van der Waals surface area contributed by atoms with Crippen LogP contribution in [0.25, 0.3) is 0 Å². The van der Waals surface area contributed by atoms with E-state index in [-0.39, 0.29) is 5.75 Å².